The van der Waals surface area contributed by atoms with E-state index in [0.717, 1.165) is 16.8 Å². The topological polar surface area (TPSA) is 83.1 Å². The molecule has 0 spiro atoms. The molecule has 0 bridgehead atoms. The molecule has 0 unspecified atom stereocenters. The average molecular weight is 374 g/mol. The minimum atomic E-state index is -0.171. The number of hydrogen-bond donors (Lipinski definition) is 3. The molecular formula is C22H22N4O2. The molecule has 1 heterocycles. The Hall–Kier alpha value is -3.67. The SMILES string of the molecule is CC(=O)Nc1cccc(Nc2ccc(C(=O)NCc3ccccc3C)cn2)c1. The Balaban J connectivity index is 1.61. The van der Waals surface area contributed by atoms with Crippen LogP contribution in [0.5, 0.6) is 0 Å². The van der Waals surface area contributed by atoms with Gasteiger partial charge in [-0.3, -0.25) is 9.59 Å². The van der Waals surface area contributed by atoms with E-state index in [4.69, 9.17) is 0 Å². The lowest BCUT2D eigenvalue weighted by Crippen LogP contribution is -2.23. The predicted molar refractivity (Wildman–Crippen MR) is 111 cm³/mol. The van der Waals surface area contributed by atoms with Gasteiger partial charge >= 0.3 is 0 Å². The number of nitrogens with one attached hydrogen (secondary N) is 3. The predicted octanol–water partition coefficient (Wildman–Crippen LogP) is 4.02. The minimum Gasteiger partial charge on any atom is -0.348 e. The van der Waals surface area contributed by atoms with E-state index in [0.29, 0.717) is 23.6 Å². The van der Waals surface area contributed by atoms with Crippen molar-refractivity contribution in [3.63, 3.8) is 0 Å². The van der Waals surface area contributed by atoms with Gasteiger partial charge in [-0.2, -0.15) is 0 Å². The van der Waals surface area contributed by atoms with Gasteiger partial charge < -0.3 is 16.0 Å². The number of benzene rings is 2. The number of hydrogen-bond acceptors (Lipinski definition) is 4. The molecule has 2 aromatic carbocycles. The molecule has 0 atom stereocenters. The summed E-state index contributed by atoms with van der Waals surface area (Å²) in [5.74, 6) is 0.307. The number of carbonyl (C=O) groups excluding carboxylic acids is 2. The van der Waals surface area contributed by atoms with Crippen molar-refractivity contribution in [2.75, 3.05) is 10.6 Å². The molecule has 6 heteroatoms. The first kappa shape index (κ1) is 19.1. The van der Waals surface area contributed by atoms with E-state index in [1.807, 2.05) is 55.5 Å². The molecule has 0 saturated carbocycles. The van der Waals surface area contributed by atoms with Crippen LogP contribution in [-0.2, 0) is 11.3 Å². The molecule has 2 amide bonds. The smallest absolute Gasteiger partial charge is 0.253 e. The van der Waals surface area contributed by atoms with Crippen molar-refractivity contribution in [3.8, 4) is 0 Å². The summed E-state index contributed by atoms with van der Waals surface area (Å²) in [6.45, 7) is 3.95. The van der Waals surface area contributed by atoms with Gasteiger partial charge in [0.2, 0.25) is 5.91 Å². The van der Waals surface area contributed by atoms with E-state index in [-0.39, 0.29) is 11.8 Å². The fourth-order valence-electron chi connectivity index (χ4n) is 2.71. The first-order valence-electron chi connectivity index (χ1n) is 8.95. The second-order valence-corrected chi connectivity index (χ2v) is 6.43. The Kier molecular flexibility index (Phi) is 6.01. The third kappa shape index (κ3) is 5.17. The van der Waals surface area contributed by atoms with Crippen molar-refractivity contribution in [3.05, 3.63) is 83.6 Å². The molecule has 0 saturated heterocycles. The lowest BCUT2D eigenvalue weighted by Gasteiger charge is -2.10. The van der Waals surface area contributed by atoms with Gasteiger partial charge in [-0.15, -0.1) is 0 Å². The highest BCUT2D eigenvalue weighted by Gasteiger charge is 2.07. The van der Waals surface area contributed by atoms with Gasteiger partial charge in [0, 0.05) is 31.0 Å². The zero-order valence-electron chi connectivity index (χ0n) is 15.8. The normalized spacial score (nSPS) is 10.2. The molecule has 0 fully saturated rings. The van der Waals surface area contributed by atoms with Crippen molar-refractivity contribution in [2.24, 2.45) is 0 Å². The minimum absolute atomic E-state index is 0.128. The summed E-state index contributed by atoms with van der Waals surface area (Å²) in [7, 11) is 0. The molecule has 3 rings (SSSR count). The van der Waals surface area contributed by atoms with Gasteiger partial charge in [-0.25, -0.2) is 4.98 Å². The van der Waals surface area contributed by atoms with Crippen LogP contribution in [0.15, 0.2) is 66.9 Å². The Morgan fingerprint density at radius 2 is 1.75 bits per heavy atom. The average Bonchev–Trinajstić information content (AvgIpc) is 2.67. The van der Waals surface area contributed by atoms with Crippen LogP contribution in [0.1, 0.15) is 28.4 Å². The zero-order chi connectivity index (χ0) is 19.9. The Bertz CT molecular complexity index is 984. The van der Waals surface area contributed by atoms with E-state index in [9.17, 15) is 9.59 Å². The first-order chi connectivity index (χ1) is 13.5. The first-order valence-corrected chi connectivity index (χ1v) is 8.95. The molecule has 0 aliphatic heterocycles. The van der Waals surface area contributed by atoms with Crippen LogP contribution >= 0.6 is 0 Å². The maximum Gasteiger partial charge on any atom is 0.253 e. The zero-order valence-corrected chi connectivity index (χ0v) is 15.8. The molecule has 0 radical (unpaired) electrons. The number of amides is 2. The summed E-state index contributed by atoms with van der Waals surface area (Å²) < 4.78 is 0. The summed E-state index contributed by atoms with van der Waals surface area (Å²) in [6.07, 6.45) is 1.53. The number of pyridine rings is 1. The summed E-state index contributed by atoms with van der Waals surface area (Å²) in [5.41, 5.74) is 4.20. The van der Waals surface area contributed by atoms with E-state index in [2.05, 4.69) is 20.9 Å². The van der Waals surface area contributed by atoms with E-state index in [1.54, 1.807) is 12.1 Å². The van der Waals surface area contributed by atoms with Gasteiger partial charge in [0.15, 0.2) is 0 Å². The van der Waals surface area contributed by atoms with Crippen molar-refractivity contribution < 1.29 is 9.59 Å². The fourth-order valence-corrected chi connectivity index (χ4v) is 2.71. The second-order valence-electron chi connectivity index (χ2n) is 6.43. The van der Waals surface area contributed by atoms with Crippen LogP contribution in [0.4, 0.5) is 17.2 Å². The number of rotatable bonds is 6. The quantitative estimate of drug-likeness (QED) is 0.608. The number of aryl methyl sites for hydroxylation is 1. The summed E-state index contributed by atoms with van der Waals surface area (Å²) in [6, 6.07) is 18.7. The van der Waals surface area contributed by atoms with Crippen LogP contribution in [0.25, 0.3) is 0 Å². The van der Waals surface area contributed by atoms with Crippen molar-refractivity contribution >= 4 is 29.0 Å². The standard InChI is InChI=1S/C22H22N4O2/c1-15-6-3-4-7-17(15)13-24-22(28)18-10-11-21(23-14-18)26-20-9-5-8-19(12-20)25-16(2)27/h3-12,14H,13H2,1-2H3,(H,23,26)(H,24,28)(H,25,27). The number of carbonyl (C=O) groups is 2. The van der Waals surface area contributed by atoms with Gasteiger partial charge in [-0.1, -0.05) is 30.3 Å². The molecule has 0 aliphatic carbocycles. The van der Waals surface area contributed by atoms with E-state index in [1.165, 1.54) is 13.1 Å². The van der Waals surface area contributed by atoms with E-state index < -0.39 is 0 Å². The number of anilines is 3. The summed E-state index contributed by atoms with van der Waals surface area (Å²) in [4.78, 5) is 27.8. The summed E-state index contributed by atoms with van der Waals surface area (Å²) >= 11 is 0. The largest absolute Gasteiger partial charge is 0.348 e. The monoisotopic (exact) mass is 374 g/mol. The van der Waals surface area contributed by atoms with Gasteiger partial charge in [0.1, 0.15) is 5.82 Å². The maximum absolute atomic E-state index is 12.3. The third-order valence-corrected chi connectivity index (χ3v) is 4.18. The second kappa shape index (κ2) is 8.81. The number of aromatic nitrogens is 1. The van der Waals surface area contributed by atoms with E-state index >= 15 is 0 Å². The van der Waals surface area contributed by atoms with Crippen molar-refractivity contribution in [2.45, 2.75) is 20.4 Å². The van der Waals surface area contributed by atoms with Crippen molar-refractivity contribution in [1.82, 2.24) is 10.3 Å². The highest BCUT2D eigenvalue weighted by atomic mass is 16.2. The maximum atomic E-state index is 12.3. The molecule has 3 N–H and O–H groups in total. The molecule has 6 nitrogen and oxygen atoms in total. The molecule has 1 aromatic heterocycles. The molecule has 142 valence electrons. The highest BCUT2D eigenvalue weighted by Crippen LogP contribution is 2.19. The Labute approximate surface area is 164 Å². The van der Waals surface area contributed by atoms with Crippen LogP contribution in [0.3, 0.4) is 0 Å². The molecular weight excluding hydrogens is 352 g/mol. The lowest BCUT2D eigenvalue weighted by atomic mass is 10.1. The van der Waals surface area contributed by atoms with Gasteiger partial charge in [-0.05, 0) is 48.4 Å². The van der Waals surface area contributed by atoms with Gasteiger partial charge in [0.05, 0.1) is 5.56 Å². The van der Waals surface area contributed by atoms with Crippen LogP contribution in [-0.4, -0.2) is 16.8 Å². The van der Waals surface area contributed by atoms with Crippen LogP contribution in [0.2, 0.25) is 0 Å². The summed E-state index contributed by atoms with van der Waals surface area (Å²) in [5, 5.41) is 8.80. The van der Waals surface area contributed by atoms with Crippen molar-refractivity contribution in [1.29, 1.82) is 0 Å². The molecule has 0 aliphatic rings. The lowest BCUT2D eigenvalue weighted by molar-refractivity contribution is -0.114. The number of nitrogens with zero attached hydrogens (tertiary/aromatic N) is 1. The highest BCUT2D eigenvalue weighted by molar-refractivity contribution is 5.94. The van der Waals surface area contributed by atoms with Crippen LogP contribution < -0.4 is 16.0 Å². The third-order valence-electron chi connectivity index (χ3n) is 4.18. The Morgan fingerprint density at radius 1 is 0.964 bits per heavy atom. The van der Waals surface area contributed by atoms with Gasteiger partial charge in [0.25, 0.3) is 5.91 Å². The van der Waals surface area contributed by atoms with Crippen LogP contribution in [0, 0.1) is 6.92 Å². The Morgan fingerprint density at radius 3 is 2.46 bits per heavy atom. The molecule has 3 aromatic rings. The fraction of sp³-hybridized carbons (Fsp3) is 0.136. The molecule has 28 heavy (non-hydrogen) atoms.